The van der Waals surface area contributed by atoms with Gasteiger partial charge >= 0.3 is 0 Å². The second kappa shape index (κ2) is 5.67. The van der Waals surface area contributed by atoms with Crippen LogP contribution in [0.15, 0.2) is 18.2 Å². The van der Waals surface area contributed by atoms with Gasteiger partial charge in [0, 0.05) is 31.7 Å². The molecule has 1 aromatic carbocycles. The molecule has 1 N–H and O–H groups in total. The normalized spacial score (nSPS) is 19.2. The van der Waals surface area contributed by atoms with Crippen molar-refractivity contribution in [2.24, 2.45) is 0 Å². The number of hydrogen-bond acceptors (Lipinski definition) is 2. The third kappa shape index (κ3) is 2.64. The van der Waals surface area contributed by atoms with Gasteiger partial charge < -0.3 is 5.32 Å². The van der Waals surface area contributed by atoms with Crippen LogP contribution in [-0.2, 0) is 0 Å². The smallest absolute Gasteiger partial charge is 0.258 e. The van der Waals surface area contributed by atoms with E-state index in [0.717, 1.165) is 6.07 Å². The maximum atomic E-state index is 13.6. The van der Waals surface area contributed by atoms with Crippen molar-refractivity contribution in [2.45, 2.75) is 12.5 Å². The first-order valence-corrected chi connectivity index (χ1v) is 5.78. The highest BCUT2D eigenvalue weighted by Crippen LogP contribution is 2.30. The first-order chi connectivity index (χ1) is 8.61. The second-order valence-electron chi connectivity index (χ2n) is 4.21. The van der Waals surface area contributed by atoms with Crippen LogP contribution < -0.4 is 5.32 Å². The van der Waals surface area contributed by atoms with Crippen LogP contribution in [0.3, 0.4) is 0 Å². The number of halogens is 4. The molecule has 18 heavy (non-hydrogen) atoms. The van der Waals surface area contributed by atoms with Crippen LogP contribution >= 0.6 is 0 Å². The first-order valence-electron chi connectivity index (χ1n) is 5.78. The quantitative estimate of drug-likeness (QED) is 0.840. The van der Waals surface area contributed by atoms with Gasteiger partial charge in [0.15, 0.2) is 11.6 Å². The van der Waals surface area contributed by atoms with Gasteiger partial charge in [-0.15, -0.1) is 0 Å². The summed E-state index contributed by atoms with van der Waals surface area (Å²) in [6.45, 7) is 1.93. The Labute approximate surface area is 103 Å². The summed E-state index contributed by atoms with van der Waals surface area (Å²) in [5.41, 5.74) is -0.271. The minimum Gasteiger partial charge on any atom is -0.314 e. The molecule has 0 unspecified atom stereocenters. The van der Waals surface area contributed by atoms with Crippen molar-refractivity contribution in [3.8, 4) is 0 Å². The van der Waals surface area contributed by atoms with Crippen molar-refractivity contribution >= 4 is 0 Å². The largest absolute Gasteiger partial charge is 0.314 e. The number of benzene rings is 1. The van der Waals surface area contributed by atoms with Crippen LogP contribution in [0.25, 0.3) is 0 Å². The maximum Gasteiger partial charge on any atom is 0.258 e. The summed E-state index contributed by atoms with van der Waals surface area (Å²) in [4.78, 5) is 1.49. The molecular formula is C12H14F4N2. The highest BCUT2D eigenvalue weighted by molar-refractivity contribution is 5.23. The topological polar surface area (TPSA) is 15.3 Å². The molecule has 2 nitrogen and oxygen atoms in total. The van der Waals surface area contributed by atoms with Gasteiger partial charge in [-0.25, -0.2) is 17.6 Å². The van der Waals surface area contributed by atoms with Crippen LogP contribution in [0.1, 0.15) is 11.6 Å². The van der Waals surface area contributed by atoms with Crippen molar-refractivity contribution in [3.05, 3.63) is 35.4 Å². The fraction of sp³-hybridized carbons (Fsp3) is 0.500. The summed E-state index contributed by atoms with van der Waals surface area (Å²) in [6, 6.07) is 2.02. The Bertz CT molecular complexity index is 405. The van der Waals surface area contributed by atoms with Gasteiger partial charge in [-0.05, 0) is 6.07 Å². The highest BCUT2D eigenvalue weighted by atomic mass is 19.3. The molecule has 0 amide bonds. The first kappa shape index (κ1) is 13.3. The molecule has 1 saturated heterocycles. The number of nitrogens with one attached hydrogen (secondary N) is 1. The van der Waals surface area contributed by atoms with E-state index in [0.29, 0.717) is 26.2 Å². The van der Waals surface area contributed by atoms with Gasteiger partial charge in [0.2, 0.25) is 0 Å². The molecule has 0 radical (unpaired) electrons. The lowest BCUT2D eigenvalue weighted by molar-refractivity contribution is 0.0161. The van der Waals surface area contributed by atoms with E-state index in [9.17, 15) is 17.6 Å². The minimum atomic E-state index is -2.75. The van der Waals surface area contributed by atoms with Crippen molar-refractivity contribution in [2.75, 3.05) is 26.2 Å². The second-order valence-corrected chi connectivity index (χ2v) is 4.21. The lowest BCUT2D eigenvalue weighted by atomic mass is 10.0. The molecule has 0 spiro atoms. The van der Waals surface area contributed by atoms with Crippen molar-refractivity contribution in [1.29, 1.82) is 0 Å². The van der Waals surface area contributed by atoms with Crippen LogP contribution in [0.5, 0.6) is 0 Å². The summed E-state index contributed by atoms with van der Waals surface area (Å²) in [6.07, 6.45) is -2.75. The van der Waals surface area contributed by atoms with E-state index in [1.165, 1.54) is 17.0 Å². The molecule has 0 saturated carbocycles. The SMILES string of the molecule is Fc1cccc([C@H](C(F)F)N2CCNCC2)c1F. The number of hydrogen-bond donors (Lipinski definition) is 1. The van der Waals surface area contributed by atoms with E-state index in [1.54, 1.807) is 0 Å². The third-order valence-electron chi connectivity index (χ3n) is 3.08. The number of rotatable bonds is 3. The van der Waals surface area contributed by atoms with Gasteiger partial charge in [-0.3, -0.25) is 4.90 Å². The van der Waals surface area contributed by atoms with Crippen LogP contribution in [0.4, 0.5) is 17.6 Å². The summed E-state index contributed by atoms with van der Waals surface area (Å²) < 4.78 is 53.0. The molecule has 0 aromatic heterocycles. The molecular weight excluding hydrogens is 248 g/mol. The number of nitrogens with zero attached hydrogens (tertiary/aromatic N) is 1. The Morgan fingerprint density at radius 3 is 2.39 bits per heavy atom. The Morgan fingerprint density at radius 1 is 1.11 bits per heavy atom. The van der Waals surface area contributed by atoms with Crippen LogP contribution in [-0.4, -0.2) is 37.5 Å². The zero-order chi connectivity index (χ0) is 13.1. The zero-order valence-corrected chi connectivity index (χ0v) is 9.67. The van der Waals surface area contributed by atoms with E-state index >= 15 is 0 Å². The number of alkyl halides is 2. The molecule has 100 valence electrons. The summed E-state index contributed by atoms with van der Waals surface area (Å²) in [5, 5.41) is 3.03. The highest BCUT2D eigenvalue weighted by Gasteiger charge is 2.32. The molecule has 0 aliphatic carbocycles. The molecule has 1 heterocycles. The van der Waals surface area contributed by atoms with Gasteiger partial charge in [0.1, 0.15) is 0 Å². The van der Waals surface area contributed by atoms with Gasteiger partial charge in [0.25, 0.3) is 6.43 Å². The molecule has 1 aliphatic heterocycles. The fourth-order valence-electron chi connectivity index (χ4n) is 2.20. The Hall–Kier alpha value is -1.14. The standard InChI is InChI=1S/C12H14F4N2/c13-9-3-1-2-8(10(9)14)11(12(15)16)18-6-4-17-5-7-18/h1-3,11-12,17H,4-7H2/t11-/m1/s1. The van der Waals surface area contributed by atoms with E-state index in [4.69, 9.17) is 0 Å². The molecule has 1 fully saturated rings. The molecule has 0 bridgehead atoms. The van der Waals surface area contributed by atoms with E-state index in [2.05, 4.69) is 5.32 Å². The summed E-state index contributed by atoms with van der Waals surface area (Å²) in [5.74, 6) is -2.27. The molecule has 1 atom stereocenters. The maximum absolute atomic E-state index is 13.6. The van der Waals surface area contributed by atoms with Gasteiger partial charge in [0.05, 0.1) is 6.04 Å². The Morgan fingerprint density at radius 2 is 1.78 bits per heavy atom. The average molecular weight is 262 g/mol. The van der Waals surface area contributed by atoms with Crippen molar-refractivity contribution in [3.63, 3.8) is 0 Å². The zero-order valence-electron chi connectivity index (χ0n) is 9.67. The lowest BCUT2D eigenvalue weighted by Crippen LogP contribution is -2.47. The molecule has 1 aromatic rings. The van der Waals surface area contributed by atoms with Gasteiger partial charge in [-0.2, -0.15) is 0 Å². The molecule has 6 heteroatoms. The Kier molecular flexibility index (Phi) is 4.19. The van der Waals surface area contributed by atoms with Crippen molar-refractivity contribution < 1.29 is 17.6 Å². The van der Waals surface area contributed by atoms with E-state index in [-0.39, 0.29) is 5.56 Å². The number of piperazine rings is 1. The van der Waals surface area contributed by atoms with Crippen LogP contribution in [0.2, 0.25) is 0 Å². The lowest BCUT2D eigenvalue weighted by Gasteiger charge is -2.34. The Balaban J connectivity index is 2.31. The van der Waals surface area contributed by atoms with E-state index < -0.39 is 24.1 Å². The summed E-state index contributed by atoms with van der Waals surface area (Å²) in [7, 11) is 0. The fourth-order valence-corrected chi connectivity index (χ4v) is 2.20. The van der Waals surface area contributed by atoms with Gasteiger partial charge in [-0.1, -0.05) is 12.1 Å². The van der Waals surface area contributed by atoms with Crippen LogP contribution in [0, 0.1) is 11.6 Å². The average Bonchev–Trinajstić information content (AvgIpc) is 2.36. The minimum absolute atomic E-state index is 0.271. The van der Waals surface area contributed by atoms with Crippen molar-refractivity contribution in [1.82, 2.24) is 10.2 Å². The molecule has 2 rings (SSSR count). The van der Waals surface area contributed by atoms with E-state index in [1.807, 2.05) is 0 Å². The monoisotopic (exact) mass is 262 g/mol. The third-order valence-corrected chi connectivity index (χ3v) is 3.08. The predicted octanol–water partition coefficient (Wildman–Crippen LogP) is 2.18. The summed E-state index contributed by atoms with van der Waals surface area (Å²) >= 11 is 0. The predicted molar refractivity (Wildman–Crippen MR) is 59.5 cm³/mol. The molecule has 1 aliphatic rings.